The van der Waals surface area contributed by atoms with Gasteiger partial charge in [-0.2, -0.15) is 0 Å². The summed E-state index contributed by atoms with van der Waals surface area (Å²) < 4.78 is 6.21. The quantitative estimate of drug-likeness (QED) is 0.916. The molecule has 1 aromatic heterocycles. The Morgan fingerprint density at radius 3 is 2.40 bits per heavy atom. The van der Waals surface area contributed by atoms with Crippen molar-refractivity contribution in [3.63, 3.8) is 0 Å². The van der Waals surface area contributed by atoms with Crippen LogP contribution in [0.25, 0.3) is 11.4 Å². The summed E-state index contributed by atoms with van der Waals surface area (Å²) in [6.07, 6.45) is 0. The van der Waals surface area contributed by atoms with Gasteiger partial charge in [0.05, 0.1) is 16.8 Å². The molecule has 0 radical (unpaired) electrons. The minimum atomic E-state index is 0.274. The van der Waals surface area contributed by atoms with E-state index in [1.165, 1.54) is 0 Å². The SMILES string of the molecule is CCOc1ccc(-c2nc(N)c(Br)c(C(C)C)n2)cc1. The average Bonchev–Trinajstić information content (AvgIpc) is 2.42. The Balaban J connectivity index is 2.42. The molecule has 2 rings (SSSR count). The van der Waals surface area contributed by atoms with E-state index >= 15 is 0 Å². The molecule has 4 nitrogen and oxygen atoms in total. The van der Waals surface area contributed by atoms with Gasteiger partial charge in [-0.1, -0.05) is 13.8 Å². The molecule has 20 heavy (non-hydrogen) atoms. The Morgan fingerprint density at radius 1 is 1.20 bits per heavy atom. The second kappa shape index (κ2) is 6.22. The maximum Gasteiger partial charge on any atom is 0.161 e. The predicted octanol–water partition coefficient (Wildman–Crippen LogP) is 4.01. The zero-order valence-electron chi connectivity index (χ0n) is 11.9. The van der Waals surface area contributed by atoms with Gasteiger partial charge < -0.3 is 10.5 Å². The molecule has 0 saturated carbocycles. The number of nitrogens with two attached hydrogens (primary N) is 1. The summed E-state index contributed by atoms with van der Waals surface area (Å²) in [5.74, 6) is 2.21. The van der Waals surface area contributed by atoms with Gasteiger partial charge in [-0.05, 0) is 53.0 Å². The molecule has 1 heterocycles. The van der Waals surface area contributed by atoms with E-state index in [0.29, 0.717) is 18.2 Å². The number of ether oxygens (including phenoxy) is 1. The third-order valence-electron chi connectivity index (χ3n) is 2.87. The van der Waals surface area contributed by atoms with E-state index in [0.717, 1.165) is 21.5 Å². The fourth-order valence-electron chi connectivity index (χ4n) is 1.86. The van der Waals surface area contributed by atoms with Gasteiger partial charge in [0.25, 0.3) is 0 Å². The topological polar surface area (TPSA) is 61.0 Å². The lowest BCUT2D eigenvalue weighted by Gasteiger charge is -2.12. The minimum absolute atomic E-state index is 0.274. The van der Waals surface area contributed by atoms with Crippen LogP contribution in [0.4, 0.5) is 5.82 Å². The van der Waals surface area contributed by atoms with E-state index in [1.54, 1.807) is 0 Å². The number of anilines is 1. The number of benzene rings is 1. The Bertz CT molecular complexity index is 597. The first-order valence-electron chi connectivity index (χ1n) is 6.59. The van der Waals surface area contributed by atoms with Crippen LogP contribution in [-0.2, 0) is 0 Å². The van der Waals surface area contributed by atoms with Crippen LogP contribution in [0.1, 0.15) is 32.4 Å². The van der Waals surface area contributed by atoms with Crippen LogP contribution in [0, 0.1) is 0 Å². The van der Waals surface area contributed by atoms with Crippen LogP contribution in [0.5, 0.6) is 5.75 Å². The molecule has 0 aliphatic heterocycles. The van der Waals surface area contributed by atoms with Crippen molar-refractivity contribution < 1.29 is 4.74 Å². The fraction of sp³-hybridized carbons (Fsp3) is 0.333. The molecule has 0 bridgehead atoms. The predicted molar refractivity (Wildman–Crippen MR) is 84.8 cm³/mol. The van der Waals surface area contributed by atoms with Crippen LogP contribution in [0.15, 0.2) is 28.7 Å². The van der Waals surface area contributed by atoms with Gasteiger partial charge >= 0.3 is 0 Å². The summed E-state index contributed by atoms with van der Waals surface area (Å²) in [7, 11) is 0. The standard InChI is InChI=1S/C15H18BrN3O/c1-4-20-11-7-5-10(6-8-11)15-18-13(9(2)3)12(16)14(17)19-15/h5-9H,4H2,1-3H3,(H2,17,18,19). The first kappa shape index (κ1) is 14.8. The Kier molecular flexibility index (Phi) is 4.60. The first-order valence-corrected chi connectivity index (χ1v) is 7.38. The molecular weight excluding hydrogens is 318 g/mol. The molecule has 0 spiro atoms. The Morgan fingerprint density at radius 2 is 1.85 bits per heavy atom. The van der Waals surface area contributed by atoms with Crippen LogP contribution in [0.2, 0.25) is 0 Å². The van der Waals surface area contributed by atoms with Crippen molar-refractivity contribution in [1.29, 1.82) is 0 Å². The van der Waals surface area contributed by atoms with E-state index in [9.17, 15) is 0 Å². The van der Waals surface area contributed by atoms with E-state index in [-0.39, 0.29) is 5.92 Å². The highest BCUT2D eigenvalue weighted by Crippen LogP contribution is 2.30. The van der Waals surface area contributed by atoms with Crippen molar-refractivity contribution in [2.75, 3.05) is 12.3 Å². The number of hydrogen-bond donors (Lipinski definition) is 1. The molecule has 0 aliphatic carbocycles. The highest BCUT2D eigenvalue weighted by Gasteiger charge is 2.14. The molecule has 2 N–H and O–H groups in total. The van der Waals surface area contributed by atoms with E-state index < -0.39 is 0 Å². The minimum Gasteiger partial charge on any atom is -0.494 e. The number of hydrogen-bond acceptors (Lipinski definition) is 4. The number of nitrogens with zero attached hydrogens (tertiary/aromatic N) is 2. The highest BCUT2D eigenvalue weighted by molar-refractivity contribution is 9.10. The Hall–Kier alpha value is -1.62. The highest BCUT2D eigenvalue weighted by atomic mass is 79.9. The summed E-state index contributed by atoms with van der Waals surface area (Å²) in [6.45, 7) is 6.77. The van der Waals surface area contributed by atoms with Gasteiger partial charge in [0, 0.05) is 5.56 Å². The molecular formula is C15H18BrN3O. The third kappa shape index (κ3) is 3.10. The summed E-state index contributed by atoms with van der Waals surface area (Å²) in [5.41, 5.74) is 7.79. The number of halogens is 1. The monoisotopic (exact) mass is 335 g/mol. The largest absolute Gasteiger partial charge is 0.494 e. The lowest BCUT2D eigenvalue weighted by atomic mass is 10.1. The summed E-state index contributed by atoms with van der Waals surface area (Å²) in [6, 6.07) is 7.71. The maximum atomic E-state index is 5.95. The molecule has 2 aromatic rings. The molecule has 1 aromatic carbocycles. The van der Waals surface area contributed by atoms with Crippen LogP contribution in [-0.4, -0.2) is 16.6 Å². The van der Waals surface area contributed by atoms with Crippen LogP contribution < -0.4 is 10.5 Å². The molecule has 0 fully saturated rings. The third-order valence-corrected chi connectivity index (χ3v) is 3.69. The van der Waals surface area contributed by atoms with Gasteiger partial charge in [-0.25, -0.2) is 9.97 Å². The molecule has 0 unspecified atom stereocenters. The smallest absolute Gasteiger partial charge is 0.161 e. The van der Waals surface area contributed by atoms with E-state index in [1.807, 2.05) is 31.2 Å². The number of aromatic nitrogens is 2. The van der Waals surface area contributed by atoms with Crippen molar-refractivity contribution in [3.8, 4) is 17.1 Å². The van der Waals surface area contributed by atoms with Gasteiger partial charge in [0.2, 0.25) is 0 Å². The van der Waals surface area contributed by atoms with E-state index in [2.05, 4.69) is 39.7 Å². The molecule has 0 saturated heterocycles. The number of nitrogen functional groups attached to an aromatic ring is 1. The van der Waals surface area contributed by atoms with Crippen molar-refractivity contribution in [2.24, 2.45) is 0 Å². The first-order chi connectivity index (χ1) is 9.52. The van der Waals surface area contributed by atoms with Crippen molar-refractivity contribution in [1.82, 2.24) is 9.97 Å². The lowest BCUT2D eigenvalue weighted by molar-refractivity contribution is 0.340. The molecule has 106 valence electrons. The second-order valence-electron chi connectivity index (χ2n) is 4.74. The number of rotatable bonds is 4. The molecule has 5 heteroatoms. The molecule has 0 aliphatic rings. The second-order valence-corrected chi connectivity index (χ2v) is 5.54. The van der Waals surface area contributed by atoms with Crippen LogP contribution >= 0.6 is 15.9 Å². The van der Waals surface area contributed by atoms with Crippen LogP contribution in [0.3, 0.4) is 0 Å². The van der Waals surface area contributed by atoms with Gasteiger partial charge in [0.1, 0.15) is 11.6 Å². The summed E-state index contributed by atoms with van der Waals surface area (Å²) >= 11 is 3.45. The molecule has 0 atom stereocenters. The Labute approximate surface area is 127 Å². The maximum absolute atomic E-state index is 5.95. The molecule has 0 amide bonds. The van der Waals surface area contributed by atoms with E-state index in [4.69, 9.17) is 10.5 Å². The summed E-state index contributed by atoms with van der Waals surface area (Å²) in [5, 5.41) is 0. The fourth-order valence-corrected chi connectivity index (χ4v) is 2.50. The zero-order valence-corrected chi connectivity index (χ0v) is 13.4. The van der Waals surface area contributed by atoms with Gasteiger partial charge in [-0.15, -0.1) is 0 Å². The average molecular weight is 336 g/mol. The van der Waals surface area contributed by atoms with Crippen molar-refractivity contribution >= 4 is 21.7 Å². The lowest BCUT2D eigenvalue weighted by Crippen LogP contribution is -2.04. The summed E-state index contributed by atoms with van der Waals surface area (Å²) in [4.78, 5) is 8.94. The van der Waals surface area contributed by atoms with Crippen molar-refractivity contribution in [3.05, 3.63) is 34.4 Å². The van der Waals surface area contributed by atoms with Gasteiger partial charge in [0.15, 0.2) is 5.82 Å². The van der Waals surface area contributed by atoms with Gasteiger partial charge in [-0.3, -0.25) is 0 Å². The zero-order chi connectivity index (χ0) is 14.7. The normalized spacial score (nSPS) is 10.8. The van der Waals surface area contributed by atoms with Crippen molar-refractivity contribution in [2.45, 2.75) is 26.7 Å².